The van der Waals surface area contributed by atoms with Crippen molar-refractivity contribution in [1.82, 2.24) is 4.90 Å². The van der Waals surface area contributed by atoms with Gasteiger partial charge in [-0.2, -0.15) is 0 Å². The van der Waals surface area contributed by atoms with Crippen molar-refractivity contribution in [2.24, 2.45) is 0 Å². The normalized spacial score (nSPS) is 17.5. The molecule has 1 aliphatic heterocycles. The summed E-state index contributed by atoms with van der Waals surface area (Å²) in [6, 6.07) is 6.54. The number of carbonyl (C=O) groups excluding carboxylic acids is 2. The summed E-state index contributed by atoms with van der Waals surface area (Å²) in [5.74, 6) is -3.49. The second-order valence-corrected chi connectivity index (χ2v) is 5.45. The maximum absolute atomic E-state index is 13.1. The highest BCUT2D eigenvalue weighted by molar-refractivity contribution is 6.01. The Morgan fingerprint density at radius 2 is 1.91 bits per heavy atom. The quantitative estimate of drug-likeness (QED) is 0.845. The Morgan fingerprint density at radius 3 is 2.57 bits per heavy atom. The first kappa shape index (κ1) is 17.3. The molecule has 1 N–H and O–H groups in total. The largest absolute Gasteiger partial charge is 0.462 e. The molecule has 0 spiro atoms. The number of para-hydroxylation sites is 1. The van der Waals surface area contributed by atoms with Gasteiger partial charge in [-0.05, 0) is 19.1 Å². The fraction of sp³-hybridized carbons (Fsp3) is 0.500. The van der Waals surface area contributed by atoms with E-state index in [1.54, 1.807) is 36.1 Å². The van der Waals surface area contributed by atoms with E-state index in [1.165, 1.54) is 0 Å². The van der Waals surface area contributed by atoms with Gasteiger partial charge in [-0.15, -0.1) is 0 Å². The summed E-state index contributed by atoms with van der Waals surface area (Å²) in [6.45, 7) is 2.32. The van der Waals surface area contributed by atoms with Gasteiger partial charge in [-0.3, -0.25) is 9.69 Å². The van der Waals surface area contributed by atoms with Crippen molar-refractivity contribution in [3.05, 3.63) is 29.8 Å². The maximum Gasteiger partial charge on any atom is 0.340 e. The van der Waals surface area contributed by atoms with E-state index in [9.17, 15) is 18.4 Å². The van der Waals surface area contributed by atoms with Gasteiger partial charge >= 0.3 is 5.97 Å². The van der Waals surface area contributed by atoms with E-state index in [1.807, 2.05) is 0 Å². The van der Waals surface area contributed by atoms with Gasteiger partial charge in [0.15, 0.2) is 0 Å². The number of benzene rings is 1. The van der Waals surface area contributed by atoms with Gasteiger partial charge in [0.2, 0.25) is 5.91 Å². The van der Waals surface area contributed by atoms with Crippen LogP contribution in [0.3, 0.4) is 0 Å². The van der Waals surface area contributed by atoms with E-state index in [0.29, 0.717) is 5.69 Å². The standard InChI is InChI=1S/C16H20F2N2O3/c1-2-23-15(22)12-5-3-4-6-13(12)19-14(21)11-20-9-7-16(17,18)8-10-20/h3-6H,2,7-11H2,1H3,(H,19,21). The number of amides is 1. The van der Waals surface area contributed by atoms with Crippen LogP contribution in [0.15, 0.2) is 24.3 Å². The van der Waals surface area contributed by atoms with Crippen molar-refractivity contribution in [3.8, 4) is 0 Å². The van der Waals surface area contributed by atoms with Crippen molar-refractivity contribution < 1.29 is 23.1 Å². The Balaban J connectivity index is 1.94. The summed E-state index contributed by atoms with van der Waals surface area (Å²) in [5, 5.41) is 2.65. The molecule has 1 amide bonds. The van der Waals surface area contributed by atoms with Gasteiger partial charge in [-0.1, -0.05) is 12.1 Å². The molecule has 0 atom stereocenters. The number of rotatable bonds is 5. The first-order valence-corrected chi connectivity index (χ1v) is 7.57. The molecular weight excluding hydrogens is 306 g/mol. The predicted octanol–water partition coefficient (Wildman–Crippen LogP) is 2.53. The molecule has 0 saturated carbocycles. The number of likely N-dealkylation sites (tertiary alicyclic amines) is 1. The van der Waals surface area contributed by atoms with Crippen LogP contribution in [0.4, 0.5) is 14.5 Å². The van der Waals surface area contributed by atoms with E-state index >= 15 is 0 Å². The molecule has 1 saturated heterocycles. The van der Waals surface area contributed by atoms with E-state index in [2.05, 4.69) is 5.32 Å². The lowest BCUT2D eigenvalue weighted by molar-refractivity contribution is -0.119. The van der Waals surface area contributed by atoms with E-state index in [-0.39, 0.29) is 50.6 Å². The Morgan fingerprint density at radius 1 is 1.26 bits per heavy atom. The number of esters is 1. The first-order chi connectivity index (χ1) is 10.9. The predicted molar refractivity (Wildman–Crippen MR) is 81.6 cm³/mol. The van der Waals surface area contributed by atoms with Crippen molar-refractivity contribution in [1.29, 1.82) is 0 Å². The number of hydrogen-bond donors (Lipinski definition) is 1. The number of halogens is 2. The number of carbonyl (C=O) groups is 2. The van der Waals surface area contributed by atoms with Gasteiger partial charge in [0.25, 0.3) is 5.92 Å². The molecule has 1 fully saturated rings. The lowest BCUT2D eigenvalue weighted by atomic mass is 10.1. The van der Waals surface area contributed by atoms with E-state index in [4.69, 9.17) is 4.74 Å². The topological polar surface area (TPSA) is 58.6 Å². The van der Waals surface area contributed by atoms with Crippen molar-refractivity contribution in [2.45, 2.75) is 25.7 Å². The van der Waals surface area contributed by atoms with Crippen molar-refractivity contribution in [2.75, 3.05) is 31.6 Å². The fourth-order valence-electron chi connectivity index (χ4n) is 2.41. The molecule has 7 heteroatoms. The first-order valence-electron chi connectivity index (χ1n) is 7.57. The molecule has 1 aliphatic rings. The third-order valence-electron chi connectivity index (χ3n) is 3.65. The third-order valence-corrected chi connectivity index (χ3v) is 3.65. The molecule has 1 aromatic rings. The van der Waals surface area contributed by atoms with Crippen LogP contribution in [-0.4, -0.2) is 48.9 Å². The summed E-state index contributed by atoms with van der Waals surface area (Å²) >= 11 is 0. The van der Waals surface area contributed by atoms with Crippen molar-refractivity contribution >= 4 is 17.6 Å². The summed E-state index contributed by atoms with van der Waals surface area (Å²) in [7, 11) is 0. The third kappa shape index (κ3) is 4.99. The Labute approximate surface area is 133 Å². The zero-order chi connectivity index (χ0) is 16.9. The number of nitrogens with zero attached hydrogens (tertiary/aromatic N) is 1. The molecule has 0 unspecified atom stereocenters. The van der Waals surface area contributed by atoms with Gasteiger partial charge in [0.1, 0.15) is 0 Å². The molecule has 0 bridgehead atoms. The zero-order valence-corrected chi connectivity index (χ0v) is 13.0. The highest BCUT2D eigenvalue weighted by Crippen LogP contribution is 2.27. The second-order valence-electron chi connectivity index (χ2n) is 5.45. The minimum Gasteiger partial charge on any atom is -0.462 e. The van der Waals surface area contributed by atoms with Gasteiger partial charge < -0.3 is 10.1 Å². The number of alkyl halides is 2. The molecule has 23 heavy (non-hydrogen) atoms. The van der Waals surface area contributed by atoms with Crippen molar-refractivity contribution in [3.63, 3.8) is 0 Å². The summed E-state index contributed by atoms with van der Waals surface area (Å²) < 4.78 is 31.1. The van der Waals surface area contributed by atoms with Crippen LogP contribution in [0.5, 0.6) is 0 Å². The molecule has 0 aliphatic carbocycles. The number of hydrogen-bond acceptors (Lipinski definition) is 4. The zero-order valence-electron chi connectivity index (χ0n) is 13.0. The fourth-order valence-corrected chi connectivity index (χ4v) is 2.41. The Kier molecular flexibility index (Phi) is 5.65. The Hall–Kier alpha value is -2.02. The average molecular weight is 326 g/mol. The smallest absolute Gasteiger partial charge is 0.340 e. The molecule has 0 aromatic heterocycles. The number of anilines is 1. The lowest BCUT2D eigenvalue weighted by Gasteiger charge is -2.31. The Bertz CT molecular complexity index is 568. The van der Waals surface area contributed by atoms with Gasteiger partial charge in [-0.25, -0.2) is 13.6 Å². The van der Waals surface area contributed by atoms with Gasteiger partial charge in [0.05, 0.1) is 24.4 Å². The molecule has 5 nitrogen and oxygen atoms in total. The highest BCUT2D eigenvalue weighted by atomic mass is 19.3. The highest BCUT2D eigenvalue weighted by Gasteiger charge is 2.34. The molecule has 1 heterocycles. The average Bonchev–Trinajstić information content (AvgIpc) is 2.50. The summed E-state index contributed by atoms with van der Waals surface area (Å²) in [4.78, 5) is 25.6. The number of ether oxygens (including phenoxy) is 1. The van der Waals surface area contributed by atoms with Gasteiger partial charge in [0, 0.05) is 25.9 Å². The molecule has 126 valence electrons. The number of nitrogens with one attached hydrogen (secondary N) is 1. The molecule has 0 radical (unpaired) electrons. The SMILES string of the molecule is CCOC(=O)c1ccccc1NC(=O)CN1CCC(F)(F)CC1. The van der Waals surface area contributed by atoms with Crippen LogP contribution in [0.25, 0.3) is 0 Å². The molecule has 2 rings (SSSR count). The van der Waals surface area contributed by atoms with Crippen LogP contribution in [0.1, 0.15) is 30.1 Å². The maximum atomic E-state index is 13.1. The van der Waals surface area contributed by atoms with Crippen LogP contribution in [0, 0.1) is 0 Å². The molecule has 1 aromatic carbocycles. The minimum atomic E-state index is -2.64. The number of piperidine rings is 1. The van der Waals surface area contributed by atoms with Crippen LogP contribution < -0.4 is 5.32 Å². The lowest BCUT2D eigenvalue weighted by Crippen LogP contribution is -2.43. The monoisotopic (exact) mass is 326 g/mol. The van der Waals surface area contributed by atoms with Crippen LogP contribution >= 0.6 is 0 Å². The summed E-state index contributed by atoms with van der Waals surface area (Å²) in [5.41, 5.74) is 0.631. The molecular formula is C16H20F2N2O3. The van der Waals surface area contributed by atoms with E-state index < -0.39 is 11.9 Å². The minimum absolute atomic E-state index is 0.0211. The van der Waals surface area contributed by atoms with Crippen LogP contribution in [-0.2, 0) is 9.53 Å². The second kappa shape index (κ2) is 7.50. The van der Waals surface area contributed by atoms with Crippen LogP contribution in [0.2, 0.25) is 0 Å². The summed E-state index contributed by atoms with van der Waals surface area (Å²) in [6.07, 6.45) is -0.473. The van der Waals surface area contributed by atoms with E-state index in [0.717, 1.165) is 0 Å².